The molecule has 0 amide bonds. The first-order valence-electron chi connectivity index (χ1n) is 9.04. The van der Waals surface area contributed by atoms with Gasteiger partial charge in [-0.15, -0.1) is 0 Å². The van der Waals surface area contributed by atoms with E-state index in [1.807, 2.05) is 0 Å². The van der Waals surface area contributed by atoms with E-state index >= 15 is 0 Å². The van der Waals surface area contributed by atoms with Crippen LogP contribution in [0, 0.1) is 11.2 Å². The summed E-state index contributed by atoms with van der Waals surface area (Å²) >= 11 is 5.94. The van der Waals surface area contributed by atoms with Crippen molar-refractivity contribution in [3.05, 3.63) is 29.0 Å². The molecule has 3 rings (SSSR count). The lowest BCUT2D eigenvalue weighted by atomic mass is 9.74. The Hall–Kier alpha value is -0.730. The van der Waals surface area contributed by atoms with Crippen molar-refractivity contribution < 1.29 is 22.7 Å². The van der Waals surface area contributed by atoms with Gasteiger partial charge in [-0.25, -0.2) is 12.8 Å². The van der Waals surface area contributed by atoms with Gasteiger partial charge in [0, 0.05) is 26.3 Å². The Morgan fingerprint density at radius 2 is 2.04 bits per heavy atom. The fourth-order valence-electron chi connectivity index (χ4n) is 3.90. The van der Waals surface area contributed by atoms with Gasteiger partial charge in [0.1, 0.15) is 10.7 Å². The largest absolute Gasteiger partial charge is 0.396 e. The van der Waals surface area contributed by atoms with Crippen molar-refractivity contribution in [1.29, 1.82) is 0 Å². The van der Waals surface area contributed by atoms with Gasteiger partial charge in [-0.05, 0) is 62.1 Å². The predicted octanol–water partition coefficient (Wildman–Crippen LogP) is 3.20. The molecule has 2 heterocycles. The number of piperidine rings is 1. The Morgan fingerprint density at radius 3 is 2.62 bits per heavy atom. The molecule has 2 saturated heterocycles. The van der Waals surface area contributed by atoms with Crippen molar-refractivity contribution in [2.24, 2.45) is 5.41 Å². The number of aliphatic hydroxyl groups excluding tert-OH is 1. The molecule has 2 fully saturated rings. The number of benzene rings is 1. The molecule has 1 atom stereocenters. The molecule has 0 spiro atoms. The second-order valence-electron chi connectivity index (χ2n) is 7.33. The van der Waals surface area contributed by atoms with E-state index in [9.17, 15) is 17.9 Å². The van der Waals surface area contributed by atoms with Crippen LogP contribution in [0.15, 0.2) is 23.1 Å². The molecular weight excluding hydrogens is 381 g/mol. The molecule has 1 N–H and O–H groups in total. The smallest absolute Gasteiger partial charge is 0.244 e. The second-order valence-corrected chi connectivity index (χ2v) is 9.64. The summed E-state index contributed by atoms with van der Waals surface area (Å²) in [5.41, 5.74) is -0.305. The van der Waals surface area contributed by atoms with Crippen molar-refractivity contribution in [3.8, 4) is 0 Å². The monoisotopic (exact) mass is 405 g/mol. The molecule has 146 valence electrons. The fourth-order valence-corrected chi connectivity index (χ4v) is 5.85. The van der Waals surface area contributed by atoms with Crippen LogP contribution in [0.4, 0.5) is 4.39 Å². The average molecular weight is 406 g/mol. The van der Waals surface area contributed by atoms with Crippen molar-refractivity contribution >= 4 is 21.6 Å². The van der Waals surface area contributed by atoms with E-state index in [0.29, 0.717) is 25.9 Å². The van der Waals surface area contributed by atoms with Crippen LogP contribution in [0.3, 0.4) is 0 Å². The van der Waals surface area contributed by atoms with Crippen molar-refractivity contribution in [3.63, 3.8) is 0 Å². The number of halogens is 2. The van der Waals surface area contributed by atoms with Crippen molar-refractivity contribution in [2.75, 3.05) is 26.3 Å². The third kappa shape index (κ3) is 4.22. The minimum absolute atomic E-state index is 0.0258. The van der Waals surface area contributed by atoms with E-state index in [0.717, 1.165) is 44.4 Å². The average Bonchev–Trinajstić information content (AvgIpc) is 2.62. The molecule has 1 aromatic carbocycles. The zero-order valence-electron chi connectivity index (χ0n) is 14.7. The first-order valence-corrected chi connectivity index (χ1v) is 10.9. The maximum Gasteiger partial charge on any atom is 0.244 e. The lowest BCUT2D eigenvalue weighted by Crippen LogP contribution is -2.46. The van der Waals surface area contributed by atoms with Gasteiger partial charge in [-0.1, -0.05) is 11.6 Å². The Labute approximate surface area is 159 Å². The molecule has 2 aliphatic heterocycles. The Balaban J connectivity index is 1.69. The van der Waals surface area contributed by atoms with Crippen LogP contribution in [0.25, 0.3) is 0 Å². The molecule has 5 nitrogen and oxygen atoms in total. The van der Waals surface area contributed by atoms with E-state index in [-0.39, 0.29) is 28.0 Å². The first-order chi connectivity index (χ1) is 12.4. The SMILES string of the molecule is O=S(=O)(c1ccc(F)cc1Cl)N1CCC(CO)(CC2CCCCO2)CC1. The summed E-state index contributed by atoms with van der Waals surface area (Å²) in [6.07, 6.45) is 5.25. The van der Waals surface area contributed by atoms with Crippen LogP contribution >= 0.6 is 11.6 Å². The Kier molecular flexibility index (Phi) is 6.24. The lowest BCUT2D eigenvalue weighted by Gasteiger charge is -2.42. The van der Waals surface area contributed by atoms with E-state index in [1.54, 1.807) is 0 Å². The minimum atomic E-state index is -3.78. The normalized spacial score (nSPS) is 24.5. The van der Waals surface area contributed by atoms with Crippen molar-refractivity contribution in [2.45, 2.75) is 49.5 Å². The van der Waals surface area contributed by atoms with E-state index in [1.165, 1.54) is 10.4 Å². The molecule has 0 aliphatic carbocycles. The second kappa shape index (κ2) is 8.10. The Bertz CT molecular complexity index is 729. The van der Waals surface area contributed by atoms with Gasteiger partial charge >= 0.3 is 0 Å². The third-order valence-corrected chi connectivity index (χ3v) is 7.95. The molecule has 1 unspecified atom stereocenters. The predicted molar refractivity (Wildman–Crippen MR) is 97.1 cm³/mol. The van der Waals surface area contributed by atoms with E-state index in [4.69, 9.17) is 16.3 Å². The molecule has 0 aromatic heterocycles. The Morgan fingerprint density at radius 1 is 1.31 bits per heavy atom. The highest BCUT2D eigenvalue weighted by atomic mass is 35.5. The zero-order valence-corrected chi connectivity index (χ0v) is 16.2. The quantitative estimate of drug-likeness (QED) is 0.816. The highest BCUT2D eigenvalue weighted by Crippen LogP contribution is 2.40. The maximum absolute atomic E-state index is 13.2. The lowest BCUT2D eigenvalue weighted by molar-refractivity contribution is -0.0421. The molecular formula is C18H25ClFNO4S. The summed E-state index contributed by atoms with van der Waals surface area (Å²) in [7, 11) is -3.78. The van der Waals surface area contributed by atoms with Crippen LogP contribution in [0.2, 0.25) is 5.02 Å². The van der Waals surface area contributed by atoms with E-state index in [2.05, 4.69) is 0 Å². The van der Waals surface area contributed by atoms with Crippen molar-refractivity contribution in [1.82, 2.24) is 4.31 Å². The summed E-state index contributed by atoms with van der Waals surface area (Å²) in [5, 5.41) is 9.86. The minimum Gasteiger partial charge on any atom is -0.396 e. The van der Waals surface area contributed by atoms with Gasteiger partial charge in [-0.3, -0.25) is 0 Å². The summed E-state index contributed by atoms with van der Waals surface area (Å²) < 4.78 is 46.1. The van der Waals surface area contributed by atoms with E-state index < -0.39 is 15.8 Å². The van der Waals surface area contributed by atoms with Crippen LogP contribution in [-0.4, -0.2) is 50.2 Å². The highest BCUT2D eigenvalue weighted by Gasteiger charge is 2.40. The van der Waals surface area contributed by atoms with Crippen LogP contribution in [0.1, 0.15) is 38.5 Å². The zero-order chi connectivity index (χ0) is 18.8. The van der Waals surface area contributed by atoms with Gasteiger partial charge in [0.15, 0.2) is 0 Å². The van der Waals surface area contributed by atoms with Crippen LogP contribution in [0.5, 0.6) is 0 Å². The number of hydrogen-bond acceptors (Lipinski definition) is 4. The molecule has 8 heteroatoms. The van der Waals surface area contributed by atoms with Gasteiger partial charge in [0.2, 0.25) is 10.0 Å². The van der Waals surface area contributed by atoms with Gasteiger partial charge in [-0.2, -0.15) is 4.31 Å². The maximum atomic E-state index is 13.2. The van der Waals surface area contributed by atoms with Gasteiger partial charge in [0.25, 0.3) is 0 Å². The number of nitrogens with zero attached hydrogens (tertiary/aromatic N) is 1. The molecule has 0 radical (unpaired) electrons. The first kappa shape index (κ1) is 20.0. The molecule has 0 saturated carbocycles. The van der Waals surface area contributed by atoms with Gasteiger partial charge in [0.05, 0.1) is 11.1 Å². The standard InChI is InChI=1S/C18H25ClFNO4S/c19-16-11-14(20)4-5-17(16)26(23,24)21-8-6-18(13-22,7-9-21)12-15-3-1-2-10-25-15/h4-5,11,15,22H,1-3,6-10,12-13H2. The third-order valence-electron chi connectivity index (χ3n) is 5.56. The molecule has 0 bridgehead atoms. The summed E-state index contributed by atoms with van der Waals surface area (Å²) in [6, 6.07) is 3.31. The topological polar surface area (TPSA) is 66.8 Å². The van der Waals surface area contributed by atoms with Crippen LogP contribution < -0.4 is 0 Å². The molecule has 26 heavy (non-hydrogen) atoms. The number of ether oxygens (including phenoxy) is 1. The summed E-state index contributed by atoms with van der Waals surface area (Å²) in [4.78, 5) is -0.0762. The number of hydrogen-bond donors (Lipinski definition) is 1. The number of aliphatic hydroxyl groups is 1. The summed E-state index contributed by atoms with van der Waals surface area (Å²) in [5.74, 6) is -0.570. The van der Waals surface area contributed by atoms with Crippen LogP contribution in [-0.2, 0) is 14.8 Å². The summed E-state index contributed by atoms with van der Waals surface area (Å²) in [6.45, 7) is 1.40. The fraction of sp³-hybridized carbons (Fsp3) is 0.667. The number of rotatable bonds is 5. The number of sulfonamides is 1. The molecule has 1 aromatic rings. The molecule has 2 aliphatic rings. The van der Waals surface area contributed by atoms with Gasteiger partial charge < -0.3 is 9.84 Å². The highest BCUT2D eigenvalue weighted by molar-refractivity contribution is 7.89.